The second-order valence-corrected chi connectivity index (χ2v) is 6.05. The summed E-state index contributed by atoms with van der Waals surface area (Å²) in [5.74, 6) is -1.09. The Morgan fingerprint density at radius 1 is 1.00 bits per heavy atom. The number of ether oxygens (including phenoxy) is 2. The largest absolute Gasteiger partial charge is 0.465 e. The number of hydrogen-bond donors (Lipinski definition) is 1. The quantitative estimate of drug-likeness (QED) is 0.659. The first-order chi connectivity index (χ1) is 12.6. The summed E-state index contributed by atoms with van der Waals surface area (Å²) in [7, 11) is 1.29. The Morgan fingerprint density at radius 2 is 1.73 bits per heavy atom. The minimum absolute atomic E-state index is 0.0758. The number of thiophene rings is 1. The normalized spacial score (nSPS) is 10.2. The number of rotatable bonds is 5. The lowest BCUT2D eigenvalue weighted by Crippen LogP contribution is -2.14. The van der Waals surface area contributed by atoms with E-state index in [1.807, 2.05) is 0 Å². The van der Waals surface area contributed by atoms with Gasteiger partial charge in [0, 0.05) is 0 Å². The van der Waals surface area contributed by atoms with Crippen molar-refractivity contribution in [3.8, 4) is 11.5 Å². The van der Waals surface area contributed by atoms with E-state index in [4.69, 9.17) is 9.47 Å². The molecule has 0 fully saturated rings. The van der Waals surface area contributed by atoms with Crippen LogP contribution in [0.1, 0.15) is 20.0 Å². The zero-order valence-electron chi connectivity index (χ0n) is 13.7. The van der Waals surface area contributed by atoms with Gasteiger partial charge < -0.3 is 14.8 Å². The number of para-hydroxylation sites is 2. The molecule has 26 heavy (non-hydrogen) atoms. The van der Waals surface area contributed by atoms with Crippen molar-refractivity contribution in [1.82, 2.24) is 0 Å². The summed E-state index contributed by atoms with van der Waals surface area (Å²) in [6, 6.07) is 14.0. The molecule has 0 radical (unpaired) electrons. The van der Waals surface area contributed by atoms with Gasteiger partial charge >= 0.3 is 5.97 Å². The minimum Gasteiger partial charge on any atom is -0.465 e. The molecule has 1 heterocycles. The third-order valence-electron chi connectivity index (χ3n) is 3.47. The van der Waals surface area contributed by atoms with Crippen molar-refractivity contribution >= 4 is 28.9 Å². The van der Waals surface area contributed by atoms with E-state index in [0.29, 0.717) is 22.1 Å². The van der Waals surface area contributed by atoms with Crippen LogP contribution in [0.15, 0.2) is 60.0 Å². The number of carbonyl (C=O) groups excluding carboxylic acids is 2. The van der Waals surface area contributed by atoms with Gasteiger partial charge in [0.2, 0.25) is 0 Å². The molecule has 3 aromatic rings. The van der Waals surface area contributed by atoms with Crippen LogP contribution >= 0.6 is 11.3 Å². The monoisotopic (exact) mass is 371 g/mol. The number of halogens is 1. The molecule has 0 aliphatic heterocycles. The molecule has 2 aromatic carbocycles. The maximum atomic E-state index is 13.8. The molecule has 1 N–H and O–H groups in total. The van der Waals surface area contributed by atoms with E-state index in [0.717, 1.165) is 0 Å². The molecule has 1 aromatic heterocycles. The standard InChI is InChI=1S/C19H14FNO4S/c1-24-19(23)17-16(10-11-26-17)25-15-9-5-4-8-14(15)21-18(22)12-6-2-3-7-13(12)20/h2-11H,1H3,(H,21,22). The summed E-state index contributed by atoms with van der Waals surface area (Å²) < 4.78 is 24.3. The fraction of sp³-hybridized carbons (Fsp3) is 0.0526. The number of carbonyl (C=O) groups is 2. The molecule has 0 aliphatic carbocycles. The number of anilines is 1. The molecule has 0 bridgehead atoms. The van der Waals surface area contributed by atoms with Crippen LogP contribution in [0.3, 0.4) is 0 Å². The first-order valence-corrected chi connectivity index (χ1v) is 8.46. The minimum atomic E-state index is -0.616. The van der Waals surface area contributed by atoms with Gasteiger partial charge in [-0.3, -0.25) is 4.79 Å². The molecule has 1 amide bonds. The van der Waals surface area contributed by atoms with Crippen LogP contribution in [-0.4, -0.2) is 19.0 Å². The Labute approximate surface area is 153 Å². The highest BCUT2D eigenvalue weighted by atomic mass is 32.1. The van der Waals surface area contributed by atoms with E-state index < -0.39 is 17.7 Å². The van der Waals surface area contributed by atoms with E-state index >= 15 is 0 Å². The molecule has 0 spiro atoms. The lowest BCUT2D eigenvalue weighted by molar-refractivity contribution is 0.0603. The van der Waals surface area contributed by atoms with Crippen LogP contribution in [0.4, 0.5) is 10.1 Å². The van der Waals surface area contributed by atoms with Crippen molar-refractivity contribution in [3.05, 3.63) is 76.2 Å². The molecular weight excluding hydrogens is 357 g/mol. The zero-order chi connectivity index (χ0) is 18.5. The number of hydrogen-bond acceptors (Lipinski definition) is 5. The second kappa shape index (κ2) is 7.79. The van der Waals surface area contributed by atoms with Gasteiger partial charge in [0.15, 0.2) is 16.4 Å². The van der Waals surface area contributed by atoms with E-state index in [9.17, 15) is 14.0 Å². The second-order valence-electron chi connectivity index (χ2n) is 5.14. The lowest BCUT2D eigenvalue weighted by Gasteiger charge is -2.12. The number of nitrogens with one attached hydrogen (secondary N) is 1. The van der Waals surface area contributed by atoms with Gasteiger partial charge in [-0.1, -0.05) is 24.3 Å². The van der Waals surface area contributed by atoms with Crippen LogP contribution in [0.25, 0.3) is 0 Å². The van der Waals surface area contributed by atoms with E-state index in [-0.39, 0.29) is 5.56 Å². The topological polar surface area (TPSA) is 64.6 Å². The summed E-state index contributed by atoms with van der Waals surface area (Å²) in [4.78, 5) is 24.4. The Morgan fingerprint density at radius 3 is 2.50 bits per heavy atom. The van der Waals surface area contributed by atoms with E-state index in [1.165, 1.54) is 36.6 Å². The van der Waals surface area contributed by atoms with Crippen molar-refractivity contribution in [2.75, 3.05) is 12.4 Å². The van der Waals surface area contributed by atoms with Crippen LogP contribution in [0, 0.1) is 5.82 Å². The molecule has 7 heteroatoms. The fourth-order valence-electron chi connectivity index (χ4n) is 2.23. The van der Waals surface area contributed by atoms with Gasteiger partial charge in [-0.15, -0.1) is 11.3 Å². The van der Waals surface area contributed by atoms with E-state index in [2.05, 4.69) is 5.32 Å². The summed E-state index contributed by atoms with van der Waals surface area (Å²) in [6.07, 6.45) is 0. The van der Waals surface area contributed by atoms with Gasteiger partial charge in [0.05, 0.1) is 18.4 Å². The maximum absolute atomic E-state index is 13.8. The zero-order valence-corrected chi connectivity index (χ0v) is 14.5. The van der Waals surface area contributed by atoms with Crippen molar-refractivity contribution < 1.29 is 23.5 Å². The van der Waals surface area contributed by atoms with Crippen molar-refractivity contribution in [2.45, 2.75) is 0 Å². The molecule has 0 unspecified atom stereocenters. The third kappa shape index (κ3) is 3.73. The molecule has 0 saturated heterocycles. The summed E-state index contributed by atoms with van der Waals surface area (Å²) in [5, 5.41) is 4.32. The smallest absolute Gasteiger partial charge is 0.351 e. The first-order valence-electron chi connectivity index (χ1n) is 7.58. The van der Waals surface area contributed by atoms with Gasteiger partial charge in [-0.05, 0) is 35.7 Å². The summed E-state index contributed by atoms with van der Waals surface area (Å²) >= 11 is 1.18. The molecule has 0 atom stereocenters. The Balaban J connectivity index is 1.85. The van der Waals surface area contributed by atoms with Gasteiger partial charge in [-0.25, -0.2) is 9.18 Å². The highest BCUT2D eigenvalue weighted by Gasteiger charge is 2.18. The number of benzene rings is 2. The number of methoxy groups -OCH3 is 1. The van der Waals surface area contributed by atoms with Gasteiger partial charge in [-0.2, -0.15) is 0 Å². The highest BCUT2D eigenvalue weighted by Crippen LogP contribution is 2.34. The van der Waals surface area contributed by atoms with Crippen LogP contribution in [-0.2, 0) is 4.74 Å². The van der Waals surface area contributed by atoms with Crippen molar-refractivity contribution in [2.24, 2.45) is 0 Å². The molecule has 3 rings (SSSR count). The Bertz CT molecular complexity index is 954. The Hall–Kier alpha value is -3.19. The molecular formula is C19H14FNO4S. The first kappa shape index (κ1) is 17.6. The summed E-state index contributed by atoms with van der Waals surface area (Å²) in [5.41, 5.74) is 0.274. The number of amides is 1. The molecule has 0 aliphatic rings. The lowest BCUT2D eigenvalue weighted by atomic mass is 10.2. The highest BCUT2D eigenvalue weighted by molar-refractivity contribution is 7.12. The van der Waals surface area contributed by atoms with Gasteiger partial charge in [0.25, 0.3) is 5.91 Å². The SMILES string of the molecule is COC(=O)c1sccc1Oc1ccccc1NC(=O)c1ccccc1F. The van der Waals surface area contributed by atoms with E-state index in [1.54, 1.807) is 41.8 Å². The predicted octanol–water partition coefficient (Wildman–Crippen LogP) is 4.72. The summed E-state index contributed by atoms with van der Waals surface area (Å²) in [6.45, 7) is 0. The van der Waals surface area contributed by atoms with Crippen LogP contribution < -0.4 is 10.1 Å². The Kier molecular flexibility index (Phi) is 5.28. The van der Waals surface area contributed by atoms with Crippen LogP contribution in [0.5, 0.6) is 11.5 Å². The average molecular weight is 371 g/mol. The fourth-order valence-corrected chi connectivity index (χ4v) is 2.96. The van der Waals surface area contributed by atoms with Crippen LogP contribution in [0.2, 0.25) is 0 Å². The molecule has 0 saturated carbocycles. The third-order valence-corrected chi connectivity index (χ3v) is 4.35. The molecule has 5 nitrogen and oxygen atoms in total. The van der Waals surface area contributed by atoms with Crippen molar-refractivity contribution in [1.29, 1.82) is 0 Å². The number of esters is 1. The average Bonchev–Trinajstić information content (AvgIpc) is 3.11. The predicted molar refractivity (Wildman–Crippen MR) is 96.5 cm³/mol. The molecule has 132 valence electrons. The van der Waals surface area contributed by atoms with Crippen molar-refractivity contribution in [3.63, 3.8) is 0 Å². The maximum Gasteiger partial charge on any atom is 0.351 e. The van der Waals surface area contributed by atoms with Gasteiger partial charge in [0.1, 0.15) is 5.82 Å².